The minimum Gasteiger partial charge on any atom is -0.507 e. The second-order valence-corrected chi connectivity index (χ2v) is 12.0. The van der Waals surface area contributed by atoms with E-state index in [9.17, 15) is 5.11 Å². The first-order chi connectivity index (χ1) is 21.4. The third kappa shape index (κ3) is 4.73. The van der Waals surface area contributed by atoms with Crippen molar-refractivity contribution in [3.63, 3.8) is 0 Å². The van der Waals surface area contributed by atoms with Gasteiger partial charge in [0.2, 0.25) is 0 Å². The van der Waals surface area contributed by atoms with Crippen LogP contribution < -0.4 is 0 Å². The van der Waals surface area contributed by atoms with Crippen molar-refractivity contribution in [3.8, 4) is 45.2 Å². The molecule has 216 valence electrons. The van der Waals surface area contributed by atoms with E-state index < -0.39 is 0 Å². The summed E-state index contributed by atoms with van der Waals surface area (Å²) < 4.78 is 2.27. The Bertz CT molecular complexity index is 2130. The Balaban J connectivity index is 1.50. The lowest BCUT2D eigenvalue weighted by Crippen LogP contribution is -2.08. The Kier molecular flexibility index (Phi) is 6.98. The molecule has 0 saturated heterocycles. The second kappa shape index (κ2) is 11.1. The number of aromatic nitrogens is 3. The highest BCUT2D eigenvalue weighted by molar-refractivity contribution is 5.97. The van der Waals surface area contributed by atoms with Crippen molar-refractivity contribution in [2.45, 2.75) is 39.5 Å². The van der Waals surface area contributed by atoms with Crippen LogP contribution in [-0.2, 0) is 0 Å². The maximum absolute atomic E-state index is 11.1. The zero-order valence-corrected chi connectivity index (χ0v) is 25.5. The van der Waals surface area contributed by atoms with Crippen molar-refractivity contribution in [1.82, 2.24) is 14.5 Å². The molecule has 0 radical (unpaired) electrons. The van der Waals surface area contributed by atoms with Gasteiger partial charge in [0, 0.05) is 16.5 Å². The fraction of sp³-hybridized carbons (Fsp3) is 0.150. The Labute approximate surface area is 258 Å². The van der Waals surface area contributed by atoms with Crippen LogP contribution in [0.5, 0.6) is 5.75 Å². The topological polar surface area (TPSA) is 50.9 Å². The van der Waals surface area contributed by atoms with E-state index in [1.807, 2.05) is 30.3 Å². The molecular formula is C40H35N3O. The molecule has 7 rings (SSSR count). The molecule has 2 aromatic heterocycles. The Morgan fingerprint density at radius 2 is 1.25 bits per heavy atom. The first kappa shape index (κ1) is 27.6. The summed E-state index contributed by atoms with van der Waals surface area (Å²) in [6, 6.07) is 41.4. The number of hydrogen-bond donors (Lipinski definition) is 1. The van der Waals surface area contributed by atoms with Crippen LogP contribution in [0.1, 0.15) is 50.7 Å². The zero-order chi connectivity index (χ0) is 30.4. The second-order valence-electron chi connectivity index (χ2n) is 12.0. The van der Waals surface area contributed by atoms with E-state index in [4.69, 9.17) is 9.97 Å². The number of rotatable bonds is 6. The first-order valence-corrected chi connectivity index (χ1v) is 15.3. The zero-order valence-electron chi connectivity index (χ0n) is 25.5. The lowest BCUT2D eigenvalue weighted by Gasteiger charge is -2.22. The van der Waals surface area contributed by atoms with Gasteiger partial charge in [-0.1, -0.05) is 113 Å². The van der Waals surface area contributed by atoms with Crippen LogP contribution in [-0.4, -0.2) is 19.6 Å². The summed E-state index contributed by atoms with van der Waals surface area (Å²) in [7, 11) is 0. The first-order valence-electron chi connectivity index (χ1n) is 15.3. The van der Waals surface area contributed by atoms with Gasteiger partial charge in [-0.3, -0.25) is 4.57 Å². The van der Waals surface area contributed by atoms with Crippen LogP contribution in [0.15, 0.2) is 121 Å². The molecule has 0 amide bonds. The number of benzene rings is 5. The van der Waals surface area contributed by atoms with Gasteiger partial charge in [0.25, 0.3) is 0 Å². The van der Waals surface area contributed by atoms with Crippen LogP contribution in [0, 0.1) is 0 Å². The highest BCUT2D eigenvalue weighted by atomic mass is 16.3. The molecule has 0 aliphatic heterocycles. The van der Waals surface area contributed by atoms with Gasteiger partial charge in [-0.05, 0) is 64.9 Å². The molecule has 1 N–H and O–H groups in total. The van der Waals surface area contributed by atoms with Crippen molar-refractivity contribution >= 4 is 21.9 Å². The quantitative estimate of drug-likeness (QED) is 0.215. The normalized spacial score (nSPS) is 11.7. The number of fused-ring (bicyclic) bond motifs is 2. The lowest BCUT2D eigenvalue weighted by atomic mass is 9.92. The molecule has 0 bridgehead atoms. The number of aromatic hydroxyl groups is 1. The Morgan fingerprint density at radius 1 is 0.591 bits per heavy atom. The van der Waals surface area contributed by atoms with Gasteiger partial charge >= 0.3 is 0 Å². The molecule has 0 saturated carbocycles. The third-order valence-electron chi connectivity index (χ3n) is 8.46. The minimum atomic E-state index is 0.211. The molecule has 0 fully saturated rings. The molecule has 0 aliphatic carbocycles. The summed E-state index contributed by atoms with van der Waals surface area (Å²) in [4.78, 5) is 10.3. The number of imidazole rings is 1. The van der Waals surface area contributed by atoms with E-state index in [0.29, 0.717) is 17.4 Å². The highest BCUT2D eigenvalue weighted by Crippen LogP contribution is 2.41. The van der Waals surface area contributed by atoms with Crippen LogP contribution in [0.4, 0.5) is 0 Å². The summed E-state index contributed by atoms with van der Waals surface area (Å²) in [5.74, 6) is 1.54. The van der Waals surface area contributed by atoms with Crippen molar-refractivity contribution in [2.75, 3.05) is 0 Å². The van der Waals surface area contributed by atoms with Gasteiger partial charge in [-0.15, -0.1) is 0 Å². The van der Waals surface area contributed by atoms with Crippen molar-refractivity contribution in [1.29, 1.82) is 0 Å². The molecule has 0 spiro atoms. The molecule has 7 aromatic rings. The maximum atomic E-state index is 11.1. The minimum absolute atomic E-state index is 0.211. The summed E-state index contributed by atoms with van der Waals surface area (Å²) in [6.45, 7) is 8.94. The number of nitrogens with zero attached hydrogens (tertiary/aromatic N) is 3. The van der Waals surface area contributed by atoms with Crippen LogP contribution in [0.25, 0.3) is 61.4 Å². The summed E-state index contributed by atoms with van der Waals surface area (Å²) in [5, 5.41) is 12.2. The van der Waals surface area contributed by atoms with Crippen LogP contribution in [0.3, 0.4) is 0 Å². The number of hydrogen-bond acceptors (Lipinski definition) is 3. The standard InChI is InChI=1S/C40H35N3O/c1-25(2)30-16-10-17-31(26(3)4)39(30)43-36-20-11-18-32(38(36)42-40(43)33-15-6-8-21-37(33)44)28-13-9-14-29(24-28)35-23-22-27-12-5-7-19-34(27)41-35/h5-26,44H,1-4H3. The summed E-state index contributed by atoms with van der Waals surface area (Å²) >= 11 is 0. The van der Waals surface area contributed by atoms with E-state index in [-0.39, 0.29) is 5.75 Å². The summed E-state index contributed by atoms with van der Waals surface area (Å²) in [5.41, 5.74) is 11.3. The average Bonchev–Trinajstić information content (AvgIpc) is 3.43. The predicted octanol–water partition coefficient (Wildman–Crippen LogP) is 10.5. The van der Waals surface area contributed by atoms with E-state index >= 15 is 0 Å². The molecule has 4 heteroatoms. The van der Waals surface area contributed by atoms with Gasteiger partial charge in [-0.25, -0.2) is 9.97 Å². The molecule has 44 heavy (non-hydrogen) atoms. The number of pyridine rings is 1. The van der Waals surface area contributed by atoms with E-state index in [1.165, 1.54) is 11.1 Å². The molecule has 5 aromatic carbocycles. The Morgan fingerprint density at radius 3 is 2.02 bits per heavy atom. The Hall–Kier alpha value is -5.22. The molecular weight excluding hydrogens is 538 g/mol. The van der Waals surface area contributed by atoms with E-state index in [2.05, 4.69) is 117 Å². The van der Waals surface area contributed by atoms with Crippen molar-refractivity contribution in [3.05, 3.63) is 132 Å². The molecule has 2 heterocycles. The number of para-hydroxylation sites is 4. The fourth-order valence-electron chi connectivity index (χ4n) is 6.24. The molecule has 4 nitrogen and oxygen atoms in total. The van der Waals surface area contributed by atoms with Crippen LogP contribution >= 0.6 is 0 Å². The largest absolute Gasteiger partial charge is 0.507 e. The van der Waals surface area contributed by atoms with Crippen molar-refractivity contribution < 1.29 is 5.11 Å². The SMILES string of the molecule is CC(C)c1cccc(C(C)C)c1-n1c(-c2ccccc2O)nc2c(-c3cccc(-c4ccc5ccccc5n4)c3)cccc21. The van der Waals surface area contributed by atoms with Gasteiger partial charge in [0.1, 0.15) is 11.6 Å². The number of phenolic OH excluding ortho intramolecular Hbond substituents is 1. The number of phenols is 1. The smallest absolute Gasteiger partial charge is 0.149 e. The average molecular weight is 574 g/mol. The van der Waals surface area contributed by atoms with Crippen LogP contribution in [0.2, 0.25) is 0 Å². The highest BCUT2D eigenvalue weighted by Gasteiger charge is 2.24. The monoisotopic (exact) mass is 573 g/mol. The fourth-order valence-corrected chi connectivity index (χ4v) is 6.24. The van der Waals surface area contributed by atoms with Gasteiger partial charge in [0.05, 0.1) is 33.5 Å². The van der Waals surface area contributed by atoms with Gasteiger partial charge in [0.15, 0.2) is 0 Å². The molecule has 0 unspecified atom stereocenters. The molecule has 0 aliphatic rings. The van der Waals surface area contributed by atoms with Gasteiger partial charge in [-0.2, -0.15) is 0 Å². The van der Waals surface area contributed by atoms with E-state index in [0.717, 1.165) is 55.8 Å². The maximum Gasteiger partial charge on any atom is 0.149 e. The summed E-state index contributed by atoms with van der Waals surface area (Å²) in [6.07, 6.45) is 0. The van der Waals surface area contributed by atoms with Gasteiger partial charge < -0.3 is 5.11 Å². The van der Waals surface area contributed by atoms with E-state index in [1.54, 1.807) is 6.07 Å². The lowest BCUT2D eigenvalue weighted by molar-refractivity contribution is 0.477. The third-order valence-corrected chi connectivity index (χ3v) is 8.46. The van der Waals surface area contributed by atoms with Crippen molar-refractivity contribution in [2.24, 2.45) is 0 Å². The predicted molar refractivity (Wildman–Crippen MR) is 183 cm³/mol. The molecule has 0 atom stereocenters.